The van der Waals surface area contributed by atoms with Gasteiger partial charge in [0.25, 0.3) is 5.78 Å². The van der Waals surface area contributed by atoms with Gasteiger partial charge in [-0.15, -0.1) is 0 Å². The van der Waals surface area contributed by atoms with Crippen molar-refractivity contribution in [3.63, 3.8) is 0 Å². The van der Waals surface area contributed by atoms with Gasteiger partial charge in [0.1, 0.15) is 0 Å². The van der Waals surface area contributed by atoms with Gasteiger partial charge in [-0.2, -0.15) is 18.0 Å². The number of carbonyl (C=O) groups is 1. The zero-order chi connectivity index (χ0) is 14.0. The molecule has 7 heteroatoms. The average Bonchev–Trinajstić information content (AvgIpc) is 2.36. The molecule has 2 aromatic rings. The third-order valence-corrected chi connectivity index (χ3v) is 2.47. The summed E-state index contributed by atoms with van der Waals surface area (Å²) in [5.41, 5.74) is 7.82. The summed E-state index contributed by atoms with van der Waals surface area (Å²) in [5, 5.41) is 0.187. The van der Waals surface area contributed by atoms with Crippen molar-refractivity contribution in [3.8, 4) is 0 Å². The lowest BCUT2D eigenvalue weighted by molar-refractivity contribution is -0.137. The second-order valence-corrected chi connectivity index (χ2v) is 3.74. The van der Waals surface area contributed by atoms with Crippen molar-refractivity contribution in [1.29, 1.82) is 0 Å². The van der Waals surface area contributed by atoms with Gasteiger partial charge in [0.05, 0.1) is 11.1 Å². The number of hydrogen-bond acceptors (Lipinski definition) is 2. The Balaban J connectivity index is 2.57. The topological polar surface area (TPSA) is 66.4 Å². The molecule has 0 atom stereocenters. The fraction of sp³-hybridized carbons (Fsp3) is 0.0833. The molecule has 0 amide bonds. The van der Waals surface area contributed by atoms with Crippen LogP contribution in [-0.2, 0) is 6.18 Å². The number of benzene rings is 1. The van der Waals surface area contributed by atoms with E-state index in [1.807, 2.05) is 0 Å². The van der Waals surface area contributed by atoms with Crippen LogP contribution in [0.25, 0.3) is 16.4 Å². The van der Waals surface area contributed by atoms with Gasteiger partial charge in [-0.3, -0.25) is 9.78 Å². The van der Waals surface area contributed by atoms with Gasteiger partial charge in [-0.1, -0.05) is 0 Å². The quantitative estimate of drug-likeness (QED) is 0.362. The van der Waals surface area contributed by atoms with Crippen molar-refractivity contribution in [3.05, 3.63) is 47.1 Å². The number of ketones is 1. The number of fused-ring (bicyclic) bond motifs is 1. The summed E-state index contributed by atoms with van der Waals surface area (Å²) in [5.74, 6) is -0.609. The van der Waals surface area contributed by atoms with Crippen LogP contribution in [0.2, 0.25) is 0 Å². The van der Waals surface area contributed by atoms with Gasteiger partial charge in [-0.25, -0.2) is 0 Å². The second kappa shape index (κ2) is 4.62. The maximum atomic E-state index is 12.5. The van der Waals surface area contributed by atoms with Crippen LogP contribution in [0.4, 0.5) is 13.2 Å². The molecular formula is C12H6F3N3O. The molecule has 0 N–H and O–H groups in total. The summed E-state index contributed by atoms with van der Waals surface area (Å²) >= 11 is 0. The molecule has 0 saturated heterocycles. The first-order chi connectivity index (χ1) is 8.91. The molecule has 0 aliphatic heterocycles. The first kappa shape index (κ1) is 12.9. The third-order valence-electron chi connectivity index (χ3n) is 2.47. The fourth-order valence-electron chi connectivity index (χ4n) is 1.57. The molecule has 0 bridgehead atoms. The molecule has 96 valence electrons. The van der Waals surface area contributed by atoms with Crippen molar-refractivity contribution >= 4 is 22.9 Å². The first-order valence-corrected chi connectivity index (χ1v) is 5.10. The van der Waals surface area contributed by atoms with Gasteiger partial charge in [-0.05, 0) is 24.3 Å². The highest BCUT2D eigenvalue weighted by Gasteiger charge is 2.31. The number of nitrogens with zero attached hydrogens (tertiary/aromatic N) is 3. The molecule has 2 rings (SSSR count). The SMILES string of the molecule is [N-]=[N+]=CC(=O)c1ccc2ncc(C(F)(F)F)cc2c1. The molecule has 0 aliphatic rings. The van der Waals surface area contributed by atoms with E-state index in [1.165, 1.54) is 18.2 Å². The van der Waals surface area contributed by atoms with E-state index < -0.39 is 17.5 Å². The van der Waals surface area contributed by atoms with Crippen molar-refractivity contribution in [2.75, 3.05) is 0 Å². The van der Waals surface area contributed by atoms with Crippen LogP contribution in [-0.4, -0.2) is 21.8 Å². The number of hydrogen-bond donors (Lipinski definition) is 0. The molecule has 0 saturated carbocycles. The van der Waals surface area contributed by atoms with E-state index >= 15 is 0 Å². The predicted octanol–water partition coefficient (Wildman–Crippen LogP) is 2.74. The Bertz CT molecular complexity index is 703. The molecule has 0 radical (unpaired) electrons. The number of alkyl halides is 3. The molecule has 0 fully saturated rings. The van der Waals surface area contributed by atoms with E-state index in [9.17, 15) is 18.0 Å². The normalized spacial score (nSPS) is 11.1. The standard InChI is InChI=1S/C12H6F3N3O/c13-12(14,15)9-4-8-3-7(11(19)6-18-16)1-2-10(8)17-5-9/h1-6H. The number of Topliss-reactive ketones (excluding diaryl/α,β-unsaturated/α-hetero) is 1. The Morgan fingerprint density at radius 1 is 1.32 bits per heavy atom. The molecule has 1 aromatic heterocycles. The van der Waals surface area contributed by atoms with Crippen LogP contribution in [0, 0.1) is 0 Å². The van der Waals surface area contributed by atoms with Gasteiger partial charge in [0.2, 0.25) is 0 Å². The second-order valence-electron chi connectivity index (χ2n) is 3.74. The van der Waals surface area contributed by atoms with Gasteiger partial charge in [0, 0.05) is 17.1 Å². The Labute approximate surface area is 105 Å². The van der Waals surface area contributed by atoms with Gasteiger partial charge < -0.3 is 5.53 Å². The van der Waals surface area contributed by atoms with Crippen molar-refractivity contribution in [1.82, 2.24) is 4.98 Å². The summed E-state index contributed by atoms with van der Waals surface area (Å²) in [7, 11) is 0. The lowest BCUT2D eigenvalue weighted by atomic mass is 10.1. The van der Waals surface area contributed by atoms with E-state index in [2.05, 4.69) is 9.77 Å². The smallest absolute Gasteiger partial charge is 0.361 e. The molecule has 1 aromatic carbocycles. The third kappa shape index (κ3) is 2.66. The van der Waals surface area contributed by atoms with Crippen LogP contribution in [0.1, 0.15) is 15.9 Å². The van der Waals surface area contributed by atoms with E-state index in [-0.39, 0.29) is 10.9 Å². The van der Waals surface area contributed by atoms with Crippen molar-refractivity contribution in [2.24, 2.45) is 0 Å². The minimum Gasteiger partial charge on any atom is -0.361 e. The summed E-state index contributed by atoms with van der Waals surface area (Å²) in [4.78, 5) is 17.7. The molecule has 0 unspecified atom stereocenters. The first-order valence-electron chi connectivity index (χ1n) is 5.10. The van der Waals surface area contributed by atoms with E-state index in [0.717, 1.165) is 12.3 Å². The molecule has 1 heterocycles. The van der Waals surface area contributed by atoms with E-state index in [0.29, 0.717) is 11.7 Å². The molecule has 0 aliphatic carbocycles. The number of carbonyl (C=O) groups excluding carboxylic acids is 1. The lowest BCUT2D eigenvalue weighted by Crippen LogP contribution is -2.06. The van der Waals surface area contributed by atoms with Crippen LogP contribution < -0.4 is 0 Å². The Morgan fingerprint density at radius 2 is 2.05 bits per heavy atom. The number of halogens is 3. The minimum absolute atomic E-state index is 0.117. The predicted molar refractivity (Wildman–Crippen MR) is 60.8 cm³/mol. The molecule has 19 heavy (non-hydrogen) atoms. The lowest BCUT2D eigenvalue weighted by Gasteiger charge is -2.07. The molecular weight excluding hydrogens is 259 g/mol. The van der Waals surface area contributed by atoms with Crippen molar-refractivity contribution in [2.45, 2.75) is 6.18 Å². The summed E-state index contributed by atoms with van der Waals surface area (Å²) in [6, 6.07) is 5.00. The zero-order valence-corrected chi connectivity index (χ0v) is 9.35. The highest BCUT2D eigenvalue weighted by atomic mass is 19.4. The molecule has 4 nitrogen and oxygen atoms in total. The number of pyridine rings is 1. The Kier molecular flexibility index (Phi) is 3.14. The van der Waals surface area contributed by atoms with Crippen LogP contribution >= 0.6 is 0 Å². The van der Waals surface area contributed by atoms with Gasteiger partial charge in [0.15, 0.2) is 0 Å². The maximum Gasteiger partial charge on any atom is 0.417 e. The fourth-order valence-corrected chi connectivity index (χ4v) is 1.57. The van der Waals surface area contributed by atoms with Crippen LogP contribution in [0.3, 0.4) is 0 Å². The summed E-state index contributed by atoms with van der Waals surface area (Å²) in [6.07, 6.45) is -3.09. The minimum atomic E-state index is -4.49. The zero-order valence-electron chi connectivity index (χ0n) is 9.35. The van der Waals surface area contributed by atoms with E-state index in [1.54, 1.807) is 0 Å². The summed E-state index contributed by atoms with van der Waals surface area (Å²) in [6.45, 7) is 0. The number of aromatic nitrogens is 1. The van der Waals surface area contributed by atoms with Gasteiger partial charge >= 0.3 is 12.4 Å². The largest absolute Gasteiger partial charge is 0.417 e. The van der Waals surface area contributed by atoms with E-state index in [4.69, 9.17) is 5.53 Å². The maximum absolute atomic E-state index is 12.5. The Hall–Kier alpha value is -2.53. The van der Waals surface area contributed by atoms with Crippen LogP contribution in [0.15, 0.2) is 30.5 Å². The van der Waals surface area contributed by atoms with Crippen molar-refractivity contribution < 1.29 is 22.8 Å². The number of rotatable bonds is 2. The molecule has 0 spiro atoms. The Morgan fingerprint density at radius 3 is 2.68 bits per heavy atom. The average molecular weight is 265 g/mol. The highest BCUT2D eigenvalue weighted by Crippen LogP contribution is 2.30. The monoisotopic (exact) mass is 265 g/mol. The van der Waals surface area contributed by atoms with Crippen LogP contribution in [0.5, 0.6) is 0 Å². The highest BCUT2D eigenvalue weighted by molar-refractivity contribution is 6.33. The summed E-state index contributed by atoms with van der Waals surface area (Å²) < 4.78 is 37.6.